The number of methoxy groups -OCH3 is 1. The van der Waals surface area contributed by atoms with E-state index < -0.39 is 11.9 Å². The van der Waals surface area contributed by atoms with Crippen molar-refractivity contribution in [1.82, 2.24) is 10.9 Å². The van der Waals surface area contributed by atoms with E-state index in [9.17, 15) is 14.4 Å². The third kappa shape index (κ3) is 12.1. The second-order valence-electron chi connectivity index (χ2n) is 2.64. The van der Waals surface area contributed by atoms with Crippen molar-refractivity contribution in [1.29, 1.82) is 0 Å². The van der Waals surface area contributed by atoms with Gasteiger partial charge < -0.3 is 4.74 Å². The number of hydrogen-bond donors (Lipinski definition) is 2. The van der Waals surface area contributed by atoms with E-state index in [0.717, 1.165) is 12.2 Å². The van der Waals surface area contributed by atoms with Gasteiger partial charge in [-0.25, -0.2) is 4.79 Å². The fraction of sp³-hybridized carbons (Fsp3) is 0.545. The Hall–Kier alpha value is -1.85. The largest absolute Gasteiger partial charge is 0.466 e. The van der Waals surface area contributed by atoms with Gasteiger partial charge in [0, 0.05) is 18.6 Å². The second kappa shape index (κ2) is 12.2. The fourth-order valence-electron chi connectivity index (χ4n) is 0.674. The second-order valence-corrected chi connectivity index (χ2v) is 2.64. The molecule has 2 amide bonds. The van der Waals surface area contributed by atoms with Crippen molar-refractivity contribution in [3.63, 3.8) is 0 Å². The zero-order valence-corrected chi connectivity index (χ0v) is 10.7. The van der Waals surface area contributed by atoms with Crippen LogP contribution in [0.3, 0.4) is 0 Å². The van der Waals surface area contributed by atoms with Crippen LogP contribution in [0.4, 0.5) is 0 Å². The average Bonchev–Trinajstić information content (AvgIpc) is 2.36. The molecule has 0 atom stereocenters. The van der Waals surface area contributed by atoms with Gasteiger partial charge in [-0.1, -0.05) is 20.8 Å². The Kier molecular flexibility index (Phi) is 12.6. The molecule has 0 unspecified atom stereocenters. The molecule has 0 heterocycles. The van der Waals surface area contributed by atoms with Gasteiger partial charge in [0.2, 0.25) is 5.91 Å². The number of ether oxygens (including phenoxy) is 1. The predicted molar refractivity (Wildman–Crippen MR) is 63.7 cm³/mol. The third-order valence-corrected chi connectivity index (χ3v) is 1.37. The minimum absolute atomic E-state index is 0.280. The molecule has 0 spiro atoms. The normalized spacial score (nSPS) is 8.94. The van der Waals surface area contributed by atoms with Crippen molar-refractivity contribution in [3.05, 3.63) is 12.2 Å². The maximum atomic E-state index is 11.0. The first-order valence-electron chi connectivity index (χ1n) is 5.45. The summed E-state index contributed by atoms with van der Waals surface area (Å²) in [6.45, 7) is 5.85. The molecule has 0 bridgehead atoms. The van der Waals surface area contributed by atoms with Gasteiger partial charge in [-0.2, -0.15) is 0 Å². The summed E-state index contributed by atoms with van der Waals surface area (Å²) in [5.74, 6) is -1.51. The van der Waals surface area contributed by atoms with Crippen LogP contribution in [-0.4, -0.2) is 24.9 Å². The number of amides is 2. The van der Waals surface area contributed by atoms with Crippen molar-refractivity contribution in [2.75, 3.05) is 7.11 Å². The molecule has 17 heavy (non-hydrogen) atoms. The van der Waals surface area contributed by atoms with Gasteiger partial charge in [0.1, 0.15) is 0 Å². The van der Waals surface area contributed by atoms with E-state index in [1.54, 1.807) is 0 Å². The fourth-order valence-corrected chi connectivity index (χ4v) is 0.674. The first-order valence-corrected chi connectivity index (χ1v) is 5.45. The van der Waals surface area contributed by atoms with Crippen LogP contribution in [0.15, 0.2) is 12.2 Å². The standard InChI is InChI=1S/C9H14N2O4.C2H6/c1-3-4-7(12)10-11-8(13)5-6-9(14)15-2;1-2/h5-6H,3-4H2,1-2H3,(H,10,12)(H,11,13);1-2H3/b6-5+;. The van der Waals surface area contributed by atoms with Crippen molar-refractivity contribution in [2.24, 2.45) is 0 Å². The number of esters is 1. The van der Waals surface area contributed by atoms with Crippen LogP contribution in [0.1, 0.15) is 33.6 Å². The van der Waals surface area contributed by atoms with E-state index in [1.165, 1.54) is 7.11 Å². The van der Waals surface area contributed by atoms with Crippen LogP contribution >= 0.6 is 0 Å². The minimum atomic E-state index is -0.634. The quantitative estimate of drug-likeness (QED) is 0.433. The molecule has 0 fully saturated rings. The lowest BCUT2D eigenvalue weighted by atomic mass is 10.3. The van der Waals surface area contributed by atoms with Gasteiger partial charge in [-0.15, -0.1) is 0 Å². The van der Waals surface area contributed by atoms with Crippen molar-refractivity contribution in [3.8, 4) is 0 Å². The number of carbonyl (C=O) groups is 3. The Labute approximate surface area is 101 Å². The lowest BCUT2D eigenvalue weighted by Crippen LogP contribution is -2.40. The molecule has 0 aliphatic heterocycles. The summed E-state index contributed by atoms with van der Waals surface area (Å²) in [4.78, 5) is 32.4. The summed E-state index contributed by atoms with van der Waals surface area (Å²) < 4.78 is 4.27. The molecule has 0 aromatic heterocycles. The zero-order valence-electron chi connectivity index (χ0n) is 10.7. The molecular formula is C11H20N2O4. The van der Waals surface area contributed by atoms with E-state index in [-0.39, 0.29) is 5.91 Å². The minimum Gasteiger partial charge on any atom is -0.466 e. The van der Waals surface area contributed by atoms with Gasteiger partial charge in [-0.05, 0) is 6.42 Å². The van der Waals surface area contributed by atoms with Crippen LogP contribution in [0.2, 0.25) is 0 Å². The summed E-state index contributed by atoms with van der Waals surface area (Å²) in [7, 11) is 1.20. The highest BCUT2D eigenvalue weighted by Crippen LogP contribution is 1.83. The molecule has 6 heteroatoms. The van der Waals surface area contributed by atoms with Crippen molar-refractivity contribution >= 4 is 17.8 Å². The first kappa shape index (κ1) is 17.5. The molecule has 2 N–H and O–H groups in total. The Morgan fingerprint density at radius 1 is 1.12 bits per heavy atom. The molecule has 0 radical (unpaired) electrons. The summed E-state index contributed by atoms with van der Waals surface area (Å²) in [5, 5.41) is 0. The van der Waals surface area contributed by atoms with E-state index in [0.29, 0.717) is 12.8 Å². The number of carbonyl (C=O) groups excluding carboxylic acids is 3. The van der Waals surface area contributed by atoms with E-state index in [4.69, 9.17) is 0 Å². The van der Waals surface area contributed by atoms with Gasteiger partial charge in [0.25, 0.3) is 5.91 Å². The average molecular weight is 244 g/mol. The van der Waals surface area contributed by atoms with Gasteiger partial charge >= 0.3 is 5.97 Å². The zero-order chi connectivity index (χ0) is 13.7. The lowest BCUT2D eigenvalue weighted by Gasteiger charge is -2.03. The predicted octanol–water partition coefficient (Wildman–Crippen LogP) is 0.689. The highest BCUT2D eigenvalue weighted by atomic mass is 16.5. The summed E-state index contributed by atoms with van der Waals surface area (Å²) >= 11 is 0. The third-order valence-electron chi connectivity index (χ3n) is 1.37. The maximum Gasteiger partial charge on any atom is 0.330 e. The Morgan fingerprint density at radius 2 is 1.71 bits per heavy atom. The number of nitrogens with one attached hydrogen (secondary N) is 2. The molecule has 0 aromatic carbocycles. The van der Waals surface area contributed by atoms with Crippen molar-refractivity contribution in [2.45, 2.75) is 33.6 Å². The van der Waals surface area contributed by atoms with Gasteiger partial charge in [0.05, 0.1) is 7.11 Å². The number of rotatable bonds is 4. The molecule has 0 saturated carbocycles. The van der Waals surface area contributed by atoms with E-state index >= 15 is 0 Å². The van der Waals surface area contributed by atoms with Crippen molar-refractivity contribution < 1.29 is 19.1 Å². The van der Waals surface area contributed by atoms with Crippen LogP contribution in [-0.2, 0) is 19.1 Å². The molecule has 6 nitrogen and oxygen atoms in total. The Morgan fingerprint density at radius 3 is 2.18 bits per heavy atom. The van der Waals surface area contributed by atoms with Crippen LogP contribution in [0.5, 0.6) is 0 Å². The van der Waals surface area contributed by atoms with Gasteiger partial charge in [0.15, 0.2) is 0 Å². The Bertz CT molecular complexity index is 275. The molecular weight excluding hydrogens is 224 g/mol. The monoisotopic (exact) mass is 244 g/mol. The number of hydrazine groups is 1. The molecule has 98 valence electrons. The Balaban J connectivity index is 0. The van der Waals surface area contributed by atoms with Crippen LogP contribution in [0.25, 0.3) is 0 Å². The van der Waals surface area contributed by atoms with Crippen LogP contribution < -0.4 is 10.9 Å². The molecule has 0 aliphatic rings. The lowest BCUT2D eigenvalue weighted by molar-refractivity contribution is -0.135. The number of hydrogen-bond acceptors (Lipinski definition) is 4. The topological polar surface area (TPSA) is 84.5 Å². The van der Waals surface area contributed by atoms with Crippen LogP contribution in [0, 0.1) is 0 Å². The molecule has 0 saturated heterocycles. The summed E-state index contributed by atoms with van der Waals surface area (Å²) in [6.07, 6.45) is 2.96. The molecule has 0 rings (SSSR count). The van der Waals surface area contributed by atoms with Gasteiger partial charge in [-0.3, -0.25) is 20.4 Å². The molecule has 0 aromatic rings. The smallest absolute Gasteiger partial charge is 0.330 e. The van der Waals surface area contributed by atoms with E-state index in [1.807, 2.05) is 20.8 Å². The van der Waals surface area contributed by atoms with E-state index in [2.05, 4.69) is 15.6 Å². The first-order chi connectivity index (χ1) is 8.10. The summed E-state index contributed by atoms with van der Waals surface area (Å²) in [6, 6.07) is 0. The summed E-state index contributed by atoms with van der Waals surface area (Å²) in [5.41, 5.74) is 4.30. The molecule has 0 aliphatic carbocycles. The SMILES string of the molecule is CC.CCCC(=O)NNC(=O)/C=C/C(=O)OC. The maximum absolute atomic E-state index is 11.0. The highest BCUT2D eigenvalue weighted by molar-refractivity contribution is 5.95. The highest BCUT2D eigenvalue weighted by Gasteiger charge is 2.00.